The van der Waals surface area contributed by atoms with Crippen LogP contribution in [0.1, 0.15) is 10.6 Å². The van der Waals surface area contributed by atoms with Crippen molar-refractivity contribution in [1.82, 2.24) is 4.98 Å². The van der Waals surface area contributed by atoms with Crippen LogP contribution in [0.4, 0.5) is 0 Å². The summed E-state index contributed by atoms with van der Waals surface area (Å²) in [6.07, 6.45) is 3.90. The second-order valence-electron chi connectivity index (χ2n) is 5.79. The molecule has 1 N–H and O–H groups in total. The summed E-state index contributed by atoms with van der Waals surface area (Å²) in [6.45, 7) is 0. The summed E-state index contributed by atoms with van der Waals surface area (Å²) in [5, 5.41) is 13.3. The van der Waals surface area contributed by atoms with Gasteiger partial charge in [0.1, 0.15) is 5.01 Å². The van der Waals surface area contributed by atoms with Gasteiger partial charge in [-0.3, -0.25) is 0 Å². The number of nitrogens with zero attached hydrogens (tertiary/aromatic N) is 1. The van der Waals surface area contributed by atoms with Crippen molar-refractivity contribution in [2.75, 3.05) is 14.2 Å². The molecule has 0 amide bonds. The van der Waals surface area contributed by atoms with Gasteiger partial charge in [0.25, 0.3) is 0 Å². The second kappa shape index (κ2) is 6.69. The lowest BCUT2D eigenvalue weighted by molar-refractivity contribution is 0.340. The Balaban J connectivity index is 1.74. The van der Waals surface area contributed by atoms with Crippen LogP contribution in [0.3, 0.4) is 0 Å². The first-order valence-corrected chi connectivity index (χ1v) is 8.92. The molecule has 0 unspecified atom stereocenters. The normalized spacial score (nSPS) is 11.5. The predicted octanol–water partition coefficient (Wildman–Crippen LogP) is 5.34. The van der Waals surface area contributed by atoms with Gasteiger partial charge in [-0.25, -0.2) is 4.98 Å². The Kier molecular flexibility index (Phi) is 4.22. The molecule has 0 spiro atoms. The number of ether oxygens (including phenoxy) is 2. The molecule has 26 heavy (non-hydrogen) atoms. The van der Waals surface area contributed by atoms with Gasteiger partial charge in [0, 0.05) is 5.39 Å². The molecule has 0 radical (unpaired) electrons. The average molecular weight is 363 g/mol. The zero-order valence-corrected chi connectivity index (χ0v) is 15.2. The lowest BCUT2D eigenvalue weighted by Gasteiger charge is -2.09. The lowest BCUT2D eigenvalue weighted by Crippen LogP contribution is -1.90. The van der Waals surface area contributed by atoms with E-state index in [0.717, 1.165) is 26.2 Å². The number of thiazole rings is 1. The Morgan fingerprint density at radius 1 is 0.962 bits per heavy atom. The minimum atomic E-state index is -0.00129. The first kappa shape index (κ1) is 16.4. The zero-order chi connectivity index (χ0) is 18.1. The van der Waals surface area contributed by atoms with E-state index in [1.165, 1.54) is 19.6 Å². The Labute approximate surface area is 155 Å². The third kappa shape index (κ3) is 2.86. The number of rotatable bonds is 4. The summed E-state index contributed by atoms with van der Waals surface area (Å²) in [5.74, 6) is 0.747. The van der Waals surface area contributed by atoms with Crippen molar-refractivity contribution in [1.29, 1.82) is 0 Å². The molecular formula is C21H17NO3S. The number of hydrogen-bond donors (Lipinski definition) is 1. The molecule has 0 aliphatic heterocycles. The number of aromatic nitrogens is 1. The number of phenolic OH excluding ortho intramolecular Hbond substituents is 1. The molecule has 0 aliphatic rings. The molecular weight excluding hydrogens is 346 g/mol. The minimum Gasteiger partial charge on any atom is -0.502 e. The molecule has 0 bridgehead atoms. The highest BCUT2D eigenvalue weighted by Crippen LogP contribution is 2.38. The molecule has 0 saturated heterocycles. The maximum absolute atomic E-state index is 10.0. The van der Waals surface area contributed by atoms with Crippen LogP contribution >= 0.6 is 11.3 Å². The van der Waals surface area contributed by atoms with Crippen LogP contribution in [0.2, 0.25) is 0 Å². The smallest absolute Gasteiger partial charge is 0.200 e. The van der Waals surface area contributed by atoms with Crippen LogP contribution in [0, 0.1) is 0 Å². The number of aromatic hydroxyl groups is 1. The lowest BCUT2D eigenvalue weighted by atomic mass is 10.1. The van der Waals surface area contributed by atoms with E-state index in [2.05, 4.69) is 24.3 Å². The standard InChI is InChI=1S/C21H17NO3S/c1-24-16-11-13(12-17(25-2)21(16)23)7-10-19-22-20-15-6-4-3-5-14(15)8-9-18(20)26-19/h3-12,23H,1-2H3/b10-7+. The van der Waals surface area contributed by atoms with E-state index in [9.17, 15) is 5.11 Å². The number of phenols is 1. The van der Waals surface area contributed by atoms with Crippen molar-refractivity contribution in [3.05, 3.63) is 59.1 Å². The van der Waals surface area contributed by atoms with Crippen molar-refractivity contribution < 1.29 is 14.6 Å². The first-order chi connectivity index (χ1) is 12.7. The molecule has 1 heterocycles. The highest BCUT2D eigenvalue weighted by Gasteiger charge is 2.10. The molecule has 5 heteroatoms. The third-order valence-electron chi connectivity index (χ3n) is 4.22. The van der Waals surface area contributed by atoms with Gasteiger partial charge in [-0.05, 0) is 35.2 Å². The summed E-state index contributed by atoms with van der Waals surface area (Å²) >= 11 is 1.64. The largest absolute Gasteiger partial charge is 0.502 e. The van der Waals surface area contributed by atoms with Gasteiger partial charge in [0.05, 0.1) is 24.4 Å². The van der Waals surface area contributed by atoms with Crippen molar-refractivity contribution in [3.8, 4) is 17.2 Å². The topological polar surface area (TPSA) is 51.6 Å². The number of methoxy groups -OCH3 is 2. The third-order valence-corrected chi connectivity index (χ3v) is 5.21. The molecule has 4 aromatic rings. The molecule has 1 aromatic heterocycles. The quantitative estimate of drug-likeness (QED) is 0.531. The van der Waals surface area contributed by atoms with Crippen molar-refractivity contribution in [3.63, 3.8) is 0 Å². The molecule has 0 aliphatic carbocycles. The maximum atomic E-state index is 10.0. The first-order valence-electron chi connectivity index (χ1n) is 8.11. The summed E-state index contributed by atoms with van der Waals surface area (Å²) in [5.41, 5.74) is 1.88. The second-order valence-corrected chi connectivity index (χ2v) is 6.86. The summed E-state index contributed by atoms with van der Waals surface area (Å²) in [7, 11) is 3.03. The fourth-order valence-electron chi connectivity index (χ4n) is 2.93. The van der Waals surface area contributed by atoms with Crippen LogP contribution in [0.5, 0.6) is 17.2 Å². The van der Waals surface area contributed by atoms with E-state index in [4.69, 9.17) is 14.5 Å². The average Bonchev–Trinajstić information content (AvgIpc) is 3.10. The Morgan fingerprint density at radius 3 is 2.42 bits per heavy atom. The zero-order valence-electron chi connectivity index (χ0n) is 14.4. The van der Waals surface area contributed by atoms with Gasteiger partial charge in [-0.1, -0.05) is 36.4 Å². The van der Waals surface area contributed by atoms with E-state index in [1.807, 2.05) is 24.3 Å². The number of benzene rings is 3. The van der Waals surface area contributed by atoms with Crippen LogP contribution in [0.15, 0.2) is 48.5 Å². The van der Waals surface area contributed by atoms with Crippen LogP contribution in [-0.2, 0) is 0 Å². The predicted molar refractivity (Wildman–Crippen MR) is 107 cm³/mol. The SMILES string of the molecule is COc1cc(/C=C/c2nc3c(ccc4ccccc43)s2)cc(OC)c1O. The van der Waals surface area contributed by atoms with Crippen molar-refractivity contribution >= 4 is 44.5 Å². The van der Waals surface area contributed by atoms with Gasteiger partial charge in [0.2, 0.25) is 5.75 Å². The Hall–Kier alpha value is -3.05. The molecule has 4 nitrogen and oxygen atoms in total. The van der Waals surface area contributed by atoms with Gasteiger partial charge < -0.3 is 14.6 Å². The van der Waals surface area contributed by atoms with E-state index < -0.39 is 0 Å². The molecule has 0 fully saturated rings. The Morgan fingerprint density at radius 2 is 1.69 bits per heavy atom. The fraction of sp³-hybridized carbons (Fsp3) is 0.0952. The van der Waals surface area contributed by atoms with Gasteiger partial charge in [-0.15, -0.1) is 11.3 Å². The van der Waals surface area contributed by atoms with E-state index in [1.54, 1.807) is 23.5 Å². The van der Waals surface area contributed by atoms with Gasteiger partial charge >= 0.3 is 0 Å². The van der Waals surface area contributed by atoms with Crippen molar-refractivity contribution in [2.45, 2.75) is 0 Å². The monoisotopic (exact) mass is 363 g/mol. The van der Waals surface area contributed by atoms with Gasteiger partial charge in [-0.2, -0.15) is 0 Å². The van der Waals surface area contributed by atoms with Crippen LogP contribution in [-0.4, -0.2) is 24.3 Å². The fourth-order valence-corrected chi connectivity index (χ4v) is 3.81. The van der Waals surface area contributed by atoms with Crippen LogP contribution < -0.4 is 9.47 Å². The Bertz CT molecular complexity index is 1110. The summed E-state index contributed by atoms with van der Waals surface area (Å²) in [6, 6.07) is 16.0. The van der Waals surface area contributed by atoms with Crippen LogP contribution in [0.25, 0.3) is 33.1 Å². The maximum Gasteiger partial charge on any atom is 0.200 e. The number of fused-ring (bicyclic) bond motifs is 3. The summed E-state index contributed by atoms with van der Waals surface area (Å²) < 4.78 is 11.6. The molecule has 0 atom stereocenters. The van der Waals surface area contributed by atoms with E-state index in [0.29, 0.717) is 11.5 Å². The molecule has 130 valence electrons. The molecule has 0 saturated carbocycles. The highest BCUT2D eigenvalue weighted by atomic mass is 32.1. The minimum absolute atomic E-state index is 0.00129. The van der Waals surface area contributed by atoms with Gasteiger partial charge in [0.15, 0.2) is 11.5 Å². The van der Waals surface area contributed by atoms with Crippen molar-refractivity contribution in [2.24, 2.45) is 0 Å². The van der Waals surface area contributed by atoms with E-state index >= 15 is 0 Å². The number of hydrogen-bond acceptors (Lipinski definition) is 5. The highest BCUT2D eigenvalue weighted by molar-refractivity contribution is 7.19. The van der Waals surface area contributed by atoms with E-state index in [-0.39, 0.29) is 5.75 Å². The molecule has 4 rings (SSSR count). The molecule has 3 aromatic carbocycles. The summed E-state index contributed by atoms with van der Waals surface area (Å²) in [4.78, 5) is 4.78.